The van der Waals surface area contributed by atoms with Gasteiger partial charge in [0.05, 0.1) is 7.11 Å². The molecule has 1 saturated heterocycles. The fraction of sp³-hybridized carbons (Fsp3) is 0.280. The molecule has 6 heteroatoms. The summed E-state index contributed by atoms with van der Waals surface area (Å²) in [6.07, 6.45) is 5.88. The van der Waals surface area contributed by atoms with Gasteiger partial charge in [0.25, 0.3) is 5.91 Å². The van der Waals surface area contributed by atoms with Crippen molar-refractivity contribution in [3.05, 3.63) is 76.3 Å². The van der Waals surface area contributed by atoms with Crippen LogP contribution in [0.25, 0.3) is 6.08 Å². The van der Waals surface area contributed by atoms with Gasteiger partial charge in [-0.15, -0.1) is 6.58 Å². The summed E-state index contributed by atoms with van der Waals surface area (Å²) in [5.41, 5.74) is 2.66. The number of carbonyl (C=O) groups excluding carboxylic acids is 1. The maximum Gasteiger partial charge on any atom is 0.264 e. The first kappa shape index (κ1) is 22.5. The largest absolute Gasteiger partial charge is 0.493 e. The molecule has 1 aliphatic rings. The Morgan fingerprint density at radius 2 is 1.97 bits per heavy atom. The number of nitriles is 1. The van der Waals surface area contributed by atoms with Gasteiger partial charge in [-0.1, -0.05) is 29.8 Å². The number of rotatable bonds is 8. The first-order valence-electron chi connectivity index (χ1n) is 10.2. The third-order valence-electron chi connectivity index (χ3n) is 5.09. The normalized spacial score (nSPS) is 13.6. The van der Waals surface area contributed by atoms with Crippen LogP contribution in [-0.2, 0) is 17.8 Å². The second-order valence-corrected chi connectivity index (χ2v) is 7.72. The molecule has 160 valence electrons. The van der Waals surface area contributed by atoms with E-state index in [1.165, 1.54) is 0 Å². The van der Waals surface area contributed by atoms with Gasteiger partial charge >= 0.3 is 0 Å². The summed E-state index contributed by atoms with van der Waals surface area (Å²) in [7, 11) is 1.57. The van der Waals surface area contributed by atoms with E-state index in [0.717, 1.165) is 24.0 Å². The van der Waals surface area contributed by atoms with Crippen molar-refractivity contribution in [3.8, 4) is 17.6 Å². The highest BCUT2D eigenvalue weighted by Gasteiger charge is 2.22. The van der Waals surface area contributed by atoms with Gasteiger partial charge in [-0.3, -0.25) is 4.79 Å². The van der Waals surface area contributed by atoms with E-state index >= 15 is 0 Å². The molecule has 0 aromatic heterocycles. The molecule has 0 unspecified atom stereocenters. The molecule has 0 spiro atoms. The molecular formula is C25H25ClN2O3. The van der Waals surface area contributed by atoms with Crippen LogP contribution in [0, 0.1) is 11.3 Å². The number of likely N-dealkylation sites (tertiary alicyclic amines) is 1. The van der Waals surface area contributed by atoms with Crippen molar-refractivity contribution < 1.29 is 14.3 Å². The smallest absolute Gasteiger partial charge is 0.264 e. The van der Waals surface area contributed by atoms with Gasteiger partial charge in [-0.05, 0) is 60.7 Å². The third-order valence-corrected chi connectivity index (χ3v) is 5.34. The van der Waals surface area contributed by atoms with Crippen molar-refractivity contribution in [2.45, 2.75) is 25.9 Å². The summed E-state index contributed by atoms with van der Waals surface area (Å²) in [5.74, 6) is 0.914. The molecule has 0 saturated carbocycles. The molecule has 2 aromatic carbocycles. The van der Waals surface area contributed by atoms with E-state index in [0.29, 0.717) is 48.2 Å². The lowest BCUT2D eigenvalue weighted by atomic mass is 10.0. The van der Waals surface area contributed by atoms with E-state index in [1.54, 1.807) is 30.2 Å². The average molecular weight is 437 g/mol. The Hall–Kier alpha value is -3.23. The van der Waals surface area contributed by atoms with Gasteiger partial charge in [0.15, 0.2) is 11.5 Å². The zero-order valence-electron chi connectivity index (χ0n) is 17.6. The summed E-state index contributed by atoms with van der Waals surface area (Å²) < 4.78 is 11.6. The van der Waals surface area contributed by atoms with Gasteiger partial charge in [-0.25, -0.2) is 0 Å². The minimum absolute atomic E-state index is 0.114. The van der Waals surface area contributed by atoms with Gasteiger partial charge in [0, 0.05) is 23.7 Å². The predicted molar refractivity (Wildman–Crippen MR) is 122 cm³/mol. The monoisotopic (exact) mass is 436 g/mol. The lowest BCUT2D eigenvalue weighted by Crippen LogP contribution is -2.28. The number of carbonyl (C=O) groups is 1. The second kappa shape index (κ2) is 10.7. The molecular weight excluding hydrogens is 412 g/mol. The van der Waals surface area contributed by atoms with Crippen LogP contribution in [-0.4, -0.2) is 31.0 Å². The molecule has 0 bridgehead atoms. The minimum atomic E-state index is -0.229. The van der Waals surface area contributed by atoms with Crippen molar-refractivity contribution in [1.82, 2.24) is 4.90 Å². The maximum absolute atomic E-state index is 12.6. The van der Waals surface area contributed by atoms with Crippen molar-refractivity contribution >= 4 is 23.6 Å². The first-order chi connectivity index (χ1) is 15.0. The quantitative estimate of drug-likeness (QED) is 0.324. The standard InChI is InChI=1S/C25H25ClN2O3/c1-3-6-20-13-19(14-21(16-27)25(29)28-11-4-5-12-28)15-23(30-2)24(20)31-17-18-7-9-22(26)10-8-18/h3,7-10,13-15H,1,4-6,11-12,17H2,2H3/b21-14+. The molecule has 0 atom stereocenters. The van der Waals surface area contributed by atoms with Crippen molar-refractivity contribution in [2.24, 2.45) is 0 Å². The number of ether oxygens (including phenoxy) is 2. The van der Waals surface area contributed by atoms with Gasteiger partial charge in [0.1, 0.15) is 18.2 Å². The fourth-order valence-electron chi connectivity index (χ4n) is 3.52. The van der Waals surface area contributed by atoms with E-state index in [1.807, 2.05) is 36.4 Å². The highest BCUT2D eigenvalue weighted by atomic mass is 35.5. The lowest BCUT2D eigenvalue weighted by molar-refractivity contribution is -0.125. The number of hydrogen-bond donors (Lipinski definition) is 0. The summed E-state index contributed by atoms with van der Waals surface area (Å²) in [5, 5.41) is 10.2. The maximum atomic E-state index is 12.6. The van der Waals surface area contributed by atoms with E-state index in [9.17, 15) is 10.1 Å². The summed E-state index contributed by atoms with van der Waals surface area (Å²) in [6.45, 7) is 5.57. The topological polar surface area (TPSA) is 62.6 Å². The van der Waals surface area contributed by atoms with E-state index < -0.39 is 0 Å². The van der Waals surface area contributed by atoms with Crippen molar-refractivity contribution in [2.75, 3.05) is 20.2 Å². The molecule has 0 aliphatic carbocycles. The van der Waals surface area contributed by atoms with Crippen molar-refractivity contribution in [1.29, 1.82) is 5.26 Å². The molecule has 1 aliphatic heterocycles. The number of amides is 1. The Kier molecular flexibility index (Phi) is 7.75. The first-order valence-corrected chi connectivity index (χ1v) is 10.5. The van der Waals surface area contributed by atoms with Crippen LogP contribution in [0.2, 0.25) is 5.02 Å². The number of hydrogen-bond acceptors (Lipinski definition) is 4. The Balaban J connectivity index is 1.90. The highest BCUT2D eigenvalue weighted by Crippen LogP contribution is 2.35. The zero-order chi connectivity index (χ0) is 22.2. The lowest BCUT2D eigenvalue weighted by Gasteiger charge is -2.17. The third kappa shape index (κ3) is 5.68. The number of nitrogens with zero attached hydrogens (tertiary/aromatic N) is 2. The second-order valence-electron chi connectivity index (χ2n) is 7.29. The summed E-state index contributed by atoms with van der Waals surface area (Å²) in [4.78, 5) is 14.4. The molecule has 1 fully saturated rings. The van der Waals surface area contributed by atoms with E-state index in [-0.39, 0.29) is 11.5 Å². The van der Waals surface area contributed by atoms with Crippen LogP contribution in [0.5, 0.6) is 11.5 Å². The number of benzene rings is 2. The molecule has 3 rings (SSSR count). The average Bonchev–Trinajstić information content (AvgIpc) is 3.32. The summed E-state index contributed by atoms with van der Waals surface area (Å²) in [6, 6.07) is 13.2. The number of halogens is 1. The number of methoxy groups -OCH3 is 1. The van der Waals surface area contributed by atoms with Gasteiger partial charge in [-0.2, -0.15) is 5.26 Å². The van der Waals surface area contributed by atoms with E-state index in [2.05, 4.69) is 6.58 Å². The predicted octanol–water partition coefficient (Wildman–Crippen LogP) is 5.19. The zero-order valence-corrected chi connectivity index (χ0v) is 18.3. The summed E-state index contributed by atoms with van der Waals surface area (Å²) >= 11 is 5.95. The molecule has 0 N–H and O–H groups in total. The van der Waals surface area contributed by atoms with E-state index in [4.69, 9.17) is 21.1 Å². The SMILES string of the molecule is C=CCc1cc(/C=C(\C#N)C(=O)N2CCCC2)cc(OC)c1OCc1ccc(Cl)cc1. The Bertz CT molecular complexity index is 1020. The molecule has 31 heavy (non-hydrogen) atoms. The fourth-order valence-corrected chi connectivity index (χ4v) is 3.65. The van der Waals surface area contributed by atoms with Crippen molar-refractivity contribution in [3.63, 3.8) is 0 Å². The van der Waals surface area contributed by atoms with Crippen LogP contribution in [0.3, 0.4) is 0 Å². The van der Waals surface area contributed by atoms with Crippen LogP contribution in [0.1, 0.15) is 29.5 Å². The Morgan fingerprint density at radius 1 is 1.26 bits per heavy atom. The van der Waals surface area contributed by atoms with Crippen LogP contribution in [0.15, 0.2) is 54.6 Å². The van der Waals surface area contributed by atoms with Crippen LogP contribution < -0.4 is 9.47 Å². The minimum Gasteiger partial charge on any atom is -0.493 e. The highest BCUT2D eigenvalue weighted by molar-refractivity contribution is 6.30. The molecule has 1 heterocycles. The Labute approximate surface area is 188 Å². The van der Waals surface area contributed by atoms with Crippen LogP contribution >= 0.6 is 11.6 Å². The molecule has 2 aromatic rings. The molecule has 0 radical (unpaired) electrons. The van der Waals surface area contributed by atoms with Gasteiger partial charge < -0.3 is 14.4 Å². The molecule has 1 amide bonds. The van der Waals surface area contributed by atoms with Gasteiger partial charge in [0.2, 0.25) is 0 Å². The van der Waals surface area contributed by atoms with Crippen LogP contribution in [0.4, 0.5) is 0 Å². The Morgan fingerprint density at radius 3 is 2.58 bits per heavy atom. The molecule has 5 nitrogen and oxygen atoms in total. The number of allylic oxidation sites excluding steroid dienone is 1.